The first-order valence-corrected chi connectivity index (χ1v) is 7.79. The third kappa shape index (κ3) is 2.95. The molecule has 3 heterocycles. The van der Waals surface area contributed by atoms with Crippen molar-refractivity contribution in [2.45, 2.75) is 19.9 Å². The number of aromatic amines is 2. The third-order valence-corrected chi connectivity index (χ3v) is 4.54. The molecule has 0 saturated heterocycles. The average molecular weight is 333 g/mol. The minimum atomic E-state index is -1.16. The Balaban J connectivity index is 2.09. The maximum absolute atomic E-state index is 12.3. The molecular weight excluding hydrogens is 318 g/mol. The van der Waals surface area contributed by atoms with Gasteiger partial charge in [0.15, 0.2) is 0 Å². The molecule has 0 aliphatic carbocycles. The lowest BCUT2D eigenvalue weighted by molar-refractivity contribution is 0.185. The summed E-state index contributed by atoms with van der Waals surface area (Å²) in [6.45, 7) is 3.71. The molecule has 0 spiro atoms. The second-order valence-electron chi connectivity index (χ2n) is 5.40. The van der Waals surface area contributed by atoms with E-state index in [1.165, 1.54) is 11.3 Å². The van der Waals surface area contributed by atoms with Gasteiger partial charge in [-0.3, -0.25) is 4.79 Å². The average Bonchev–Trinajstić information content (AvgIpc) is 3.12. The lowest BCUT2D eigenvalue weighted by Gasteiger charge is -2.19. The van der Waals surface area contributed by atoms with Gasteiger partial charge < -0.3 is 20.4 Å². The minimum Gasteiger partial charge on any atom is -0.465 e. The first-order valence-electron chi connectivity index (χ1n) is 6.98. The van der Waals surface area contributed by atoms with Gasteiger partial charge in [-0.2, -0.15) is 0 Å². The number of H-pyrrole nitrogens is 2. The van der Waals surface area contributed by atoms with Gasteiger partial charge in [0, 0.05) is 6.20 Å². The molecule has 1 unspecified atom stereocenters. The second kappa shape index (κ2) is 5.84. The predicted octanol–water partition coefficient (Wildman–Crippen LogP) is 2.34. The highest BCUT2D eigenvalue weighted by Gasteiger charge is 2.22. The highest BCUT2D eigenvalue weighted by molar-refractivity contribution is 7.22. The third-order valence-electron chi connectivity index (χ3n) is 3.39. The Labute approximate surface area is 134 Å². The van der Waals surface area contributed by atoms with Crippen LogP contribution in [0.4, 0.5) is 4.79 Å². The first kappa shape index (κ1) is 15.2. The molecular formula is C14H15N5O3S. The summed E-state index contributed by atoms with van der Waals surface area (Å²) < 4.78 is 0.490. The van der Waals surface area contributed by atoms with Gasteiger partial charge in [0.25, 0.3) is 5.56 Å². The Bertz CT molecular complexity index is 897. The zero-order valence-electron chi connectivity index (χ0n) is 12.5. The maximum Gasteiger partial charge on any atom is 0.405 e. The Hall–Kier alpha value is -2.68. The largest absolute Gasteiger partial charge is 0.465 e. The molecule has 0 aromatic carbocycles. The Morgan fingerprint density at radius 2 is 2.22 bits per heavy atom. The van der Waals surface area contributed by atoms with Gasteiger partial charge in [-0.05, 0) is 12.0 Å². The summed E-state index contributed by atoms with van der Waals surface area (Å²) >= 11 is 1.30. The van der Waals surface area contributed by atoms with Crippen LogP contribution < -0.4 is 10.9 Å². The molecule has 0 bridgehead atoms. The summed E-state index contributed by atoms with van der Waals surface area (Å²) in [6.07, 6.45) is 2.14. The minimum absolute atomic E-state index is 0.0591. The molecule has 0 radical (unpaired) electrons. The number of fused-ring (bicyclic) bond motifs is 1. The lowest BCUT2D eigenvalue weighted by Crippen LogP contribution is -2.33. The zero-order chi connectivity index (χ0) is 16.6. The van der Waals surface area contributed by atoms with E-state index in [0.717, 1.165) is 10.6 Å². The monoisotopic (exact) mass is 333 g/mol. The standard InChI is InChI=1S/C14H15N5O3S/c1-6(2)10(18-14(21)22)12-17-7-3-9(8-4-15-5-16-8)23-11(7)13(20)19-12/h3-6,10,18H,1-2H3,(H,15,16)(H,21,22)(H,17,19,20). The second-order valence-corrected chi connectivity index (χ2v) is 6.45. The van der Waals surface area contributed by atoms with E-state index in [0.29, 0.717) is 16.0 Å². The fraction of sp³-hybridized carbons (Fsp3) is 0.286. The fourth-order valence-corrected chi connectivity index (χ4v) is 3.27. The van der Waals surface area contributed by atoms with Crippen molar-refractivity contribution in [3.8, 4) is 10.6 Å². The lowest BCUT2D eigenvalue weighted by atomic mass is 10.0. The number of nitrogens with one attached hydrogen (secondary N) is 3. The molecule has 0 aliphatic rings. The van der Waals surface area contributed by atoms with Crippen molar-refractivity contribution < 1.29 is 9.90 Å². The van der Waals surface area contributed by atoms with Crippen LogP contribution in [0.1, 0.15) is 25.7 Å². The Kier molecular flexibility index (Phi) is 3.87. The number of thiophene rings is 1. The van der Waals surface area contributed by atoms with Crippen molar-refractivity contribution in [3.63, 3.8) is 0 Å². The highest BCUT2D eigenvalue weighted by atomic mass is 32.1. The number of nitrogens with zero attached hydrogens (tertiary/aromatic N) is 2. The van der Waals surface area contributed by atoms with Crippen molar-refractivity contribution in [1.82, 2.24) is 25.3 Å². The van der Waals surface area contributed by atoms with Gasteiger partial charge in [0.2, 0.25) is 0 Å². The number of aromatic nitrogens is 4. The molecule has 4 N–H and O–H groups in total. The van der Waals surface area contributed by atoms with Crippen LogP contribution in [0.3, 0.4) is 0 Å². The van der Waals surface area contributed by atoms with Crippen LogP contribution in [0.5, 0.6) is 0 Å². The Morgan fingerprint density at radius 3 is 2.83 bits per heavy atom. The number of imidazole rings is 1. The van der Waals surface area contributed by atoms with Gasteiger partial charge in [0.05, 0.1) is 28.5 Å². The number of hydrogen-bond donors (Lipinski definition) is 4. The van der Waals surface area contributed by atoms with Crippen LogP contribution in [0.25, 0.3) is 20.8 Å². The van der Waals surface area contributed by atoms with Gasteiger partial charge in [-0.25, -0.2) is 14.8 Å². The Morgan fingerprint density at radius 1 is 1.43 bits per heavy atom. The quantitative estimate of drug-likeness (QED) is 0.583. The van der Waals surface area contributed by atoms with E-state index in [9.17, 15) is 9.59 Å². The van der Waals surface area contributed by atoms with Crippen molar-refractivity contribution in [2.24, 2.45) is 5.92 Å². The zero-order valence-corrected chi connectivity index (χ0v) is 13.3. The maximum atomic E-state index is 12.3. The van der Waals surface area contributed by atoms with E-state index >= 15 is 0 Å². The number of amides is 1. The van der Waals surface area contributed by atoms with Crippen molar-refractivity contribution >= 4 is 27.6 Å². The van der Waals surface area contributed by atoms with Crippen LogP contribution in [-0.2, 0) is 0 Å². The van der Waals surface area contributed by atoms with E-state index in [4.69, 9.17) is 5.11 Å². The van der Waals surface area contributed by atoms with E-state index in [1.807, 2.05) is 13.8 Å². The van der Waals surface area contributed by atoms with Crippen LogP contribution in [0.2, 0.25) is 0 Å². The molecule has 0 aliphatic heterocycles. The van der Waals surface area contributed by atoms with Gasteiger partial charge in [-0.1, -0.05) is 13.8 Å². The van der Waals surface area contributed by atoms with Gasteiger partial charge >= 0.3 is 6.09 Å². The van der Waals surface area contributed by atoms with E-state index in [-0.39, 0.29) is 11.5 Å². The summed E-state index contributed by atoms with van der Waals surface area (Å²) in [5.41, 5.74) is 0.984. The molecule has 0 fully saturated rings. The fourth-order valence-electron chi connectivity index (χ4n) is 2.31. The molecule has 0 saturated carbocycles. The molecule has 120 valence electrons. The van der Waals surface area contributed by atoms with Gasteiger partial charge in [0.1, 0.15) is 10.5 Å². The summed E-state index contributed by atoms with van der Waals surface area (Å²) in [7, 11) is 0. The SMILES string of the molecule is CC(C)C(NC(=O)O)c1nc2cc(-c3c[nH]cn3)sc2c(=O)[nH]1. The molecule has 9 heteroatoms. The summed E-state index contributed by atoms with van der Waals surface area (Å²) in [6, 6.07) is 1.20. The molecule has 8 nitrogen and oxygen atoms in total. The normalized spacial score (nSPS) is 12.7. The van der Waals surface area contributed by atoms with E-state index in [2.05, 4.69) is 25.3 Å². The molecule has 1 amide bonds. The van der Waals surface area contributed by atoms with E-state index in [1.54, 1.807) is 18.6 Å². The number of carboxylic acid groups (broad SMARTS) is 1. The highest BCUT2D eigenvalue weighted by Crippen LogP contribution is 2.30. The first-order chi connectivity index (χ1) is 11.0. The summed E-state index contributed by atoms with van der Waals surface area (Å²) in [5, 5.41) is 11.4. The van der Waals surface area contributed by atoms with Crippen LogP contribution >= 0.6 is 11.3 Å². The smallest absolute Gasteiger partial charge is 0.405 e. The van der Waals surface area contributed by atoms with E-state index < -0.39 is 12.1 Å². The predicted molar refractivity (Wildman–Crippen MR) is 86.6 cm³/mol. The molecule has 3 rings (SSSR count). The van der Waals surface area contributed by atoms with Crippen LogP contribution in [-0.4, -0.2) is 31.1 Å². The molecule has 23 heavy (non-hydrogen) atoms. The number of rotatable bonds is 4. The van der Waals surface area contributed by atoms with Crippen LogP contribution in [0, 0.1) is 5.92 Å². The topological polar surface area (TPSA) is 124 Å². The summed E-state index contributed by atoms with van der Waals surface area (Å²) in [4.78, 5) is 38.2. The van der Waals surface area contributed by atoms with Crippen molar-refractivity contribution in [3.05, 3.63) is 34.8 Å². The van der Waals surface area contributed by atoms with Crippen molar-refractivity contribution in [2.75, 3.05) is 0 Å². The number of hydrogen-bond acceptors (Lipinski definition) is 5. The van der Waals surface area contributed by atoms with Crippen molar-refractivity contribution in [1.29, 1.82) is 0 Å². The molecule has 3 aromatic rings. The molecule has 3 aromatic heterocycles. The number of carbonyl (C=O) groups is 1. The van der Waals surface area contributed by atoms with Crippen LogP contribution in [0.15, 0.2) is 23.4 Å². The summed E-state index contributed by atoms with van der Waals surface area (Å²) in [5.74, 6) is 0.252. The van der Waals surface area contributed by atoms with Gasteiger partial charge in [-0.15, -0.1) is 11.3 Å². The molecule has 1 atom stereocenters.